The van der Waals surface area contributed by atoms with Crippen LogP contribution in [-0.4, -0.2) is 245 Å². The van der Waals surface area contributed by atoms with Gasteiger partial charge < -0.3 is 110 Å². The van der Waals surface area contributed by atoms with Crippen LogP contribution in [0, 0.1) is 0 Å². The van der Waals surface area contributed by atoms with E-state index in [9.17, 15) is 75.3 Å². The maximum Gasteiger partial charge on any atom is 0.336 e. The van der Waals surface area contributed by atoms with E-state index >= 15 is 0 Å². The summed E-state index contributed by atoms with van der Waals surface area (Å²) in [5, 5.41) is 129. The number of allylic oxidation sites excluding steroid dienone is 1. The van der Waals surface area contributed by atoms with Crippen LogP contribution in [0.1, 0.15) is 118 Å². The molecule has 0 aromatic heterocycles. The van der Waals surface area contributed by atoms with E-state index in [4.69, 9.17) is 32.8 Å². The summed E-state index contributed by atoms with van der Waals surface area (Å²) in [7, 11) is 7.54. The standard InChI is InChI=1S/C66H95N5O22/c1-7-8-9-10-11-12-13-14-15-16-17-18-19-20-45(76)44(35-87-65-58(82)56(80)61(49(33-73)90-65)93-66-59(83)57(81)60(50(34-74)91-66)92-64-53(68-36(2)75)55(79)54(78)48(32-72)89-64)69-51(77)27-28-67-62(84)37-21-24-40(63(85)86)43(29-37)52-41-25-22-38(70(3)4)30-46(41)88-47-31-39(71(5)6)23-26-42(47)52/h19-26,29-31,44-45,48-50,53-61,64-66,72-74,76,78-83H,7-18,27-28,32-35H2,1-6H3,(H3-,67,68,69,75,77,84,85,86)/p+1/b20-19+/t44-,45+,48+,49+,50+,53+,54-,55+,56+,57+,58+,59+,60-,61+,64-,65+,66-/m0/s1. The highest BCUT2D eigenvalue weighted by Crippen LogP contribution is 2.43. The van der Waals surface area contributed by atoms with Crippen LogP contribution in [0.2, 0.25) is 0 Å². The number of aromatic carboxylic acids is 1. The average molecular weight is 1310 g/mol. The molecule has 3 saturated heterocycles. The number of carbonyl (C=O) groups excluding carboxylic acids is 3. The van der Waals surface area contributed by atoms with E-state index < -0.39 is 154 Å². The van der Waals surface area contributed by atoms with Crippen molar-refractivity contribution in [3.05, 3.63) is 83.2 Å². The van der Waals surface area contributed by atoms with Crippen LogP contribution < -0.4 is 30.8 Å². The van der Waals surface area contributed by atoms with Gasteiger partial charge in [0.05, 0.1) is 50.2 Å². The number of carboxylic acid groups (broad SMARTS) is 1. The summed E-state index contributed by atoms with van der Waals surface area (Å²) in [5.74, 6) is -2.70. The number of hydrogen-bond acceptors (Lipinski definition) is 22. The molecule has 2 aromatic rings. The van der Waals surface area contributed by atoms with Gasteiger partial charge in [0.15, 0.2) is 18.9 Å². The van der Waals surface area contributed by atoms with Gasteiger partial charge in [-0.2, -0.15) is 0 Å². The minimum absolute atomic E-state index is 0.0704. The molecule has 17 atom stereocenters. The number of amides is 3. The fourth-order valence-electron chi connectivity index (χ4n) is 11.8. The lowest BCUT2D eigenvalue weighted by molar-refractivity contribution is -0.374. The molecule has 27 nitrogen and oxygen atoms in total. The molecule has 516 valence electrons. The van der Waals surface area contributed by atoms with Crippen LogP contribution in [0.3, 0.4) is 0 Å². The molecule has 3 amide bonds. The first-order valence-electron chi connectivity index (χ1n) is 32.1. The number of carbonyl (C=O) groups is 4. The van der Waals surface area contributed by atoms with E-state index in [0.29, 0.717) is 34.3 Å². The van der Waals surface area contributed by atoms with Crippen molar-refractivity contribution >= 4 is 40.3 Å². The number of aliphatic hydroxyl groups is 10. The first-order chi connectivity index (χ1) is 44.5. The number of carboxylic acids is 1. The number of ether oxygens (including phenoxy) is 6. The molecular formula is C66H96N5O22+. The van der Waals surface area contributed by atoms with Crippen LogP contribution in [0.4, 0.5) is 5.69 Å². The lowest BCUT2D eigenvalue weighted by atomic mass is 9.89. The van der Waals surface area contributed by atoms with Crippen molar-refractivity contribution in [2.45, 2.75) is 202 Å². The molecular weight excluding hydrogens is 1210 g/mol. The predicted octanol–water partition coefficient (Wildman–Crippen LogP) is 0.832. The number of anilines is 1. The molecule has 0 saturated carbocycles. The normalized spacial score (nSPS) is 27.2. The Balaban J connectivity index is 1.02. The quantitative estimate of drug-likeness (QED) is 0.0136. The summed E-state index contributed by atoms with van der Waals surface area (Å²) in [4.78, 5) is 54.6. The lowest BCUT2D eigenvalue weighted by Gasteiger charge is -2.48. The number of nitrogens with one attached hydrogen (secondary N) is 3. The molecule has 0 unspecified atom stereocenters. The monoisotopic (exact) mass is 1310 g/mol. The smallest absolute Gasteiger partial charge is 0.336 e. The Morgan fingerprint density at radius 3 is 1.89 bits per heavy atom. The molecule has 0 radical (unpaired) electrons. The summed E-state index contributed by atoms with van der Waals surface area (Å²) in [5.41, 5.74) is 2.72. The number of nitrogens with zero attached hydrogens (tertiary/aromatic N) is 2. The van der Waals surface area contributed by atoms with Crippen molar-refractivity contribution in [2.24, 2.45) is 0 Å². The summed E-state index contributed by atoms with van der Waals surface area (Å²) in [6, 6.07) is 12.6. The maximum atomic E-state index is 14.0. The van der Waals surface area contributed by atoms with Crippen LogP contribution in [0.15, 0.2) is 71.2 Å². The summed E-state index contributed by atoms with van der Waals surface area (Å²) in [6.45, 7) is -0.0757. The first-order valence-corrected chi connectivity index (χ1v) is 32.1. The number of hydrogen-bond donors (Lipinski definition) is 14. The van der Waals surface area contributed by atoms with E-state index in [1.165, 1.54) is 69.2 Å². The van der Waals surface area contributed by atoms with Crippen LogP contribution in [-0.2, 0) is 38.0 Å². The average Bonchev–Trinajstić information content (AvgIpc) is 0.756. The molecule has 3 fully saturated rings. The topological polar surface area (TPSA) is 402 Å². The molecule has 27 heteroatoms. The summed E-state index contributed by atoms with van der Waals surface area (Å²) >= 11 is 0. The zero-order valence-electron chi connectivity index (χ0n) is 53.7. The van der Waals surface area contributed by atoms with Crippen molar-refractivity contribution in [3.63, 3.8) is 0 Å². The largest absolute Gasteiger partial charge is 0.478 e. The molecule has 7 rings (SSSR count). The summed E-state index contributed by atoms with van der Waals surface area (Å²) < 4.78 is 43.2. The Kier molecular flexibility index (Phi) is 28.4. The van der Waals surface area contributed by atoms with Gasteiger partial charge in [0.2, 0.25) is 17.2 Å². The predicted molar refractivity (Wildman–Crippen MR) is 338 cm³/mol. The fourth-order valence-corrected chi connectivity index (χ4v) is 11.8. The number of rotatable bonds is 33. The highest BCUT2D eigenvalue weighted by Gasteiger charge is 2.54. The third kappa shape index (κ3) is 19.3. The molecule has 0 spiro atoms. The molecule has 2 aromatic carbocycles. The van der Waals surface area contributed by atoms with Crippen molar-refractivity contribution in [1.29, 1.82) is 0 Å². The van der Waals surface area contributed by atoms with Crippen molar-refractivity contribution in [2.75, 3.05) is 66.1 Å². The molecule has 5 aliphatic rings. The number of benzene rings is 3. The minimum atomic E-state index is -2.06. The van der Waals surface area contributed by atoms with Gasteiger partial charge in [-0.25, -0.2) is 9.37 Å². The Morgan fingerprint density at radius 1 is 0.688 bits per heavy atom. The molecule has 14 N–H and O–H groups in total. The second-order valence-corrected chi connectivity index (χ2v) is 24.5. The van der Waals surface area contributed by atoms with Crippen molar-refractivity contribution in [3.8, 4) is 22.5 Å². The fraction of sp³-hybridized carbons (Fsp3) is 0.621. The van der Waals surface area contributed by atoms with E-state index in [0.717, 1.165) is 43.7 Å². The first kappa shape index (κ1) is 74.3. The molecule has 1 aliphatic carbocycles. The van der Waals surface area contributed by atoms with Gasteiger partial charge in [0, 0.05) is 73.9 Å². The SMILES string of the molecule is CCCCCCCCCCCCC/C=C/[C@@H](O)[C@H](CO[C@@H]1O[C@H](CO)[C@@H](O[C@@H]2O[C@H](CO)[C@H](O[C@@H]3O[C@H](CO)[C@H](O)[C@H](O)[C@H]3NC(C)=O)[C@H](O)[C@H]2O)[C@H](O)[C@H]1O)NC(=O)CCNC(=O)c1ccc(C(=O)O)c(-c2c3ccc(=[N+](C)C)cc-3oc3cc(N(C)C)ccc23)c1. The van der Waals surface area contributed by atoms with Gasteiger partial charge in [-0.15, -0.1) is 0 Å². The van der Waals surface area contributed by atoms with Crippen molar-refractivity contribution < 1.29 is 108 Å². The third-order valence-electron chi connectivity index (χ3n) is 17.1. The maximum absolute atomic E-state index is 14.0. The second-order valence-electron chi connectivity index (χ2n) is 24.5. The van der Waals surface area contributed by atoms with E-state index in [1.54, 1.807) is 6.08 Å². The highest BCUT2D eigenvalue weighted by atomic mass is 16.8. The Bertz CT molecular complexity index is 3140. The van der Waals surface area contributed by atoms with Gasteiger partial charge in [-0.3, -0.25) is 14.4 Å². The van der Waals surface area contributed by atoms with E-state index in [1.807, 2.05) is 74.1 Å². The molecule has 0 bridgehead atoms. The number of aliphatic hydroxyl groups excluding tert-OH is 10. The third-order valence-corrected chi connectivity index (χ3v) is 17.1. The van der Waals surface area contributed by atoms with E-state index in [-0.39, 0.29) is 29.7 Å². The molecule has 93 heavy (non-hydrogen) atoms. The second kappa shape index (κ2) is 35.6. The summed E-state index contributed by atoms with van der Waals surface area (Å²) in [6.07, 6.45) is -9.92. The Hall–Kier alpha value is -6.09. The van der Waals surface area contributed by atoms with E-state index in [2.05, 4.69) is 22.9 Å². The zero-order chi connectivity index (χ0) is 67.6. The minimum Gasteiger partial charge on any atom is -0.478 e. The van der Waals surface area contributed by atoms with Crippen molar-refractivity contribution in [1.82, 2.24) is 20.5 Å². The van der Waals surface area contributed by atoms with Gasteiger partial charge in [-0.1, -0.05) is 83.3 Å². The molecule has 4 aliphatic heterocycles. The van der Waals surface area contributed by atoms with Gasteiger partial charge in [-0.05, 0) is 54.8 Å². The lowest BCUT2D eigenvalue weighted by Crippen LogP contribution is -2.68. The van der Waals surface area contributed by atoms with Gasteiger partial charge in [0.25, 0.3) is 5.91 Å². The number of unbranched alkanes of at least 4 members (excludes halogenated alkanes) is 11. The molecule has 4 heterocycles. The zero-order valence-corrected chi connectivity index (χ0v) is 53.7. The Morgan fingerprint density at radius 2 is 1.29 bits per heavy atom. The van der Waals surface area contributed by atoms with Gasteiger partial charge >= 0.3 is 5.97 Å². The highest BCUT2D eigenvalue weighted by molar-refractivity contribution is 6.09. The Labute approximate surface area is 540 Å². The van der Waals surface area contributed by atoms with Crippen LogP contribution >= 0.6 is 0 Å². The van der Waals surface area contributed by atoms with Crippen LogP contribution in [0.5, 0.6) is 0 Å². The van der Waals surface area contributed by atoms with Crippen LogP contribution in [0.25, 0.3) is 33.4 Å². The van der Waals surface area contributed by atoms with Gasteiger partial charge in [0.1, 0.15) is 98.6 Å². The number of fused-ring (bicyclic) bond motifs is 2.